The van der Waals surface area contributed by atoms with E-state index >= 15 is 0 Å². The number of ether oxygens (including phenoxy) is 1. The van der Waals surface area contributed by atoms with Gasteiger partial charge in [0.05, 0.1) is 7.11 Å². The van der Waals surface area contributed by atoms with Crippen LogP contribution in [-0.2, 0) is 0 Å². The van der Waals surface area contributed by atoms with Gasteiger partial charge in [-0.3, -0.25) is 0 Å². The van der Waals surface area contributed by atoms with Gasteiger partial charge in [0.1, 0.15) is 11.5 Å². The number of rotatable bonds is 4. The number of aromatic nitrogens is 1. The summed E-state index contributed by atoms with van der Waals surface area (Å²) in [5.41, 5.74) is 4.23. The number of aromatic amines is 1. The quantitative estimate of drug-likeness (QED) is 0.390. The van der Waals surface area contributed by atoms with Gasteiger partial charge in [0, 0.05) is 28.6 Å². The van der Waals surface area contributed by atoms with Crippen molar-refractivity contribution in [3.63, 3.8) is 0 Å². The molecular weight excluding hydrogens is 358 g/mol. The third kappa shape index (κ3) is 2.92. The molecule has 29 heavy (non-hydrogen) atoms. The average Bonchev–Trinajstić information content (AvgIpc) is 3.20. The molecule has 0 fully saturated rings. The molecule has 1 unspecified atom stereocenters. The molecule has 0 amide bonds. The highest BCUT2D eigenvalue weighted by Crippen LogP contribution is 2.43. The Bertz CT molecular complexity index is 1300. The number of fused-ring (bicyclic) bond motifs is 2. The minimum atomic E-state index is -0.122. The Balaban J connectivity index is 1.83. The molecule has 2 N–H and O–H groups in total. The van der Waals surface area contributed by atoms with Crippen molar-refractivity contribution < 1.29 is 9.84 Å². The van der Waals surface area contributed by atoms with E-state index in [0.29, 0.717) is 5.75 Å². The molecule has 1 heterocycles. The summed E-state index contributed by atoms with van der Waals surface area (Å²) in [7, 11) is 1.67. The van der Waals surface area contributed by atoms with Gasteiger partial charge in [-0.25, -0.2) is 0 Å². The topological polar surface area (TPSA) is 45.2 Å². The molecule has 0 aliphatic heterocycles. The fourth-order valence-corrected chi connectivity index (χ4v) is 4.22. The zero-order valence-electron chi connectivity index (χ0n) is 16.1. The summed E-state index contributed by atoms with van der Waals surface area (Å²) in [6.07, 6.45) is 2.06. The number of benzene rings is 4. The first-order valence-corrected chi connectivity index (χ1v) is 9.67. The molecule has 5 aromatic rings. The van der Waals surface area contributed by atoms with Crippen molar-refractivity contribution in [2.75, 3.05) is 7.11 Å². The second-order valence-electron chi connectivity index (χ2n) is 7.22. The standard InChI is InChI=1S/C26H21NO2/c1-29-19-13-10-18(11-14-19)25(22-16-27-23-9-5-4-8-21(22)23)26-20-7-3-2-6-17(20)12-15-24(26)28/h2-16,25,27-28H,1H3. The van der Waals surface area contributed by atoms with Gasteiger partial charge in [0.2, 0.25) is 0 Å². The highest BCUT2D eigenvalue weighted by Gasteiger charge is 2.25. The van der Waals surface area contributed by atoms with Crippen LogP contribution in [0.25, 0.3) is 21.7 Å². The van der Waals surface area contributed by atoms with E-state index in [9.17, 15) is 5.11 Å². The smallest absolute Gasteiger partial charge is 0.120 e. The number of para-hydroxylation sites is 1. The van der Waals surface area contributed by atoms with Crippen LogP contribution < -0.4 is 4.74 Å². The van der Waals surface area contributed by atoms with Crippen LogP contribution in [0.5, 0.6) is 11.5 Å². The Hall–Kier alpha value is -3.72. The van der Waals surface area contributed by atoms with Gasteiger partial charge in [-0.05, 0) is 46.2 Å². The average molecular weight is 379 g/mol. The van der Waals surface area contributed by atoms with E-state index in [1.165, 1.54) is 0 Å². The second kappa shape index (κ2) is 7.02. The Labute approximate surface area is 169 Å². The Kier molecular flexibility index (Phi) is 4.21. The summed E-state index contributed by atoms with van der Waals surface area (Å²) in [5.74, 6) is 0.992. The minimum Gasteiger partial charge on any atom is -0.508 e. The summed E-state index contributed by atoms with van der Waals surface area (Å²) in [5, 5.41) is 14.3. The highest BCUT2D eigenvalue weighted by molar-refractivity contribution is 5.91. The Morgan fingerprint density at radius 1 is 0.793 bits per heavy atom. The molecular formula is C26H21NO2. The van der Waals surface area contributed by atoms with Gasteiger partial charge >= 0.3 is 0 Å². The molecule has 0 spiro atoms. The van der Waals surface area contributed by atoms with Gasteiger partial charge in [-0.2, -0.15) is 0 Å². The molecule has 0 saturated heterocycles. The number of methoxy groups -OCH3 is 1. The molecule has 0 saturated carbocycles. The molecule has 142 valence electrons. The van der Waals surface area contributed by atoms with Crippen LogP contribution in [0.2, 0.25) is 0 Å². The maximum atomic E-state index is 11.0. The Morgan fingerprint density at radius 3 is 2.31 bits per heavy atom. The number of hydrogen-bond acceptors (Lipinski definition) is 2. The molecule has 3 heteroatoms. The predicted molar refractivity (Wildman–Crippen MR) is 118 cm³/mol. The maximum Gasteiger partial charge on any atom is 0.120 e. The van der Waals surface area contributed by atoms with E-state index in [-0.39, 0.29) is 5.92 Å². The lowest BCUT2D eigenvalue weighted by atomic mass is 9.82. The van der Waals surface area contributed by atoms with E-state index in [4.69, 9.17) is 4.74 Å². The van der Waals surface area contributed by atoms with Crippen molar-refractivity contribution in [3.8, 4) is 11.5 Å². The van der Waals surface area contributed by atoms with Gasteiger partial charge in [0.25, 0.3) is 0 Å². The fraction of sp³-hybridized carbons (Fsp3) is 0.0769. The van der Waals surface area contributed by atoms with Crippen molar-refractivity contribution in [1.29, 1.82) is 0 Å². The highest BCUT2D eigenvalue weighted by atomic mass is 16.5. The lowest BCUT2D eigenvalue weighted by Gasteiger charge is -2.21. The molecule has 0 aliphatic rings. The summed E-state index contributed by atoms with van der Waals surface area (Å²) in [6, 6.07) is 28.3. The van der Waals surface area contributed by atoms with Crippen LogP contribution in [0.1, 0.15) is 22.6 Å². The molecule has 1 atom stereocenters. The van der Waals surface area contributed by atoms with E-state index in [0.717, 1.165) is 44.1 Å². The van der Waals surface area contributed by atoms with E-state index in [1.807, 2.05) is 42.5 Å². The third-order valence-corrected chi connectivity index (χ3v) is 5.62. The number of nitrogens with one attached hydrogen (secondary N) is 1. The zero-order chi connectivity index (χ0) is 19.8. The molecule has 4 aromatic carbocycles. The van der Waals surface area contributed by atoms with Crippen LogP contribution >= 0.6 is 0 Å². The van der Waals surface area contributed by atoms with Crippen molar-refractivity contribution in [2.45, 2.75) is 5.92 Å². The zero-order valence-corrected chi connectivity index (χ0v) is 16.1. The first-order valence-electron chi connectivity index (χ1n) is 9.67. The molecule has 5 rings (SSSR count). The first-order chi connectivity index (χ1) is 14.3. The van der Waals surface area contributed by atoms with Gasteiger partial charge in [-0.15, -0.1) is 0 Å². The Morgan fingerprint density at radius 2 is 1.52 bits per heavy atom. The van der Waals surface area contributed by atoms with Gasteiger partial charge in [0.15, 0.2) is 0 Å². The summed E-state index contributed by atoms with van der Waals surface area (Å²) >= 11 is 0. The van der Waals surface area contributed by atoms with Crippen molar-refractivity contribution >= 4 is 21.7 Å². The number of aromatic hydroxyl groups is 1. The molecule has 0 radical (unpaired) electrons. The van der Waals surface area contributed by atoms with Crippen LogP contribution in [0, 0.1) is 0 Å². The predicted octanol–water partition coefficient (Wildman–Crippen LogP) is 6.22. The lowest BCUT2D eigenvalue weighted by Crippen LogP contribution is -2.04. The van der Waals surface area contributed by atoms with Gasteiger partial charge in [-0.1, -0.05) is 60.7 Å². The minimum absolute atomic E-state index is 0.122. The number of phenols is 1. The van der Waals surface area contributed by atoms with Crippen molar-refractivity contribution in [2.24, 2.45) is 0 Å². The maximum absolute atomic E-state index is 11.0. The number of hydrogen-bond donors (Lipinski definition) is 2. The summed E-state index contributed by atoms with van der Waals surface area (Å²) < 4.78 is 5.35. The normalized spacial score (nSPS) is 12.3. The second-order valence-corrected chi connectivity index (χ2v) is 7.22. The molecule has 1 aromatic heterocycles. The monoisotopic (exact) mass is 379 g/mol. The third-order valence-electron chi connectivity index (χ3n) is 5.62. The van der Waals surface area contributed by atoms with Crippen molar-refractivity contribution in [3.05, 3.63) is 108 Å². The lowest BCUT2D eigenvalue weighted by molar-refractivity contribution is 0.414. The summed E-state index contributed by atoms with van der Waals surface area (Å²) in [6.45, 7) is 0. The van der Waals surface area contributed by atoms with E-state index < -0.39 is 0 Å². The fourth-order valence-electron chi connectivity index (χ4n) is 4.22. The van der Waals surface area contributed by atoms with Crippen LogP contribution in [-0.4, -0.2) is 17.2 Å². The van der Waals surface area contributed by atoms with E-state index in [1.54, 1.807) is 13.2 Å². The molecule has 0 bridgehead atoms. The number of phenolic OH excluding ortho intramolecular Hbond substituents is 1. The van der Waals surface area contributed by atoms with Crippen LogP contribution in [0.15, 0.2) is 91.1 Å². The molecule has 0 aliphatic carbocycles. The van der Waals surface area contributed by atoms with Crippen LogP contribution in [0.3, 0.4) is 0 Å². The molecule has 3 nitrogen and oxygen atoms in total. The van der Waals surface area contributed by atoms with Crippen LogP contribution in [0.4, 0.5) is 0 Å². The van der Waals surface area contributed by atoms with Crippen molar-refractivity contribution in [1.82, 2.24) is 4.98 Å². The van der Waals surface area contributed by atoms with Gasteiger partial charge < -0.3 is 14.8 Å². The van der Waals surface area contributed by atoms with E-state index in [2.05, 4.69) is 47.6 Å². The largest absolute Gasteiger partial charge is 0.508 e. The SMILES string of the molecule is COc1ccc(C(c2c(O)ccc3ccccc23)c2c[nH]c3ccccc23)cc1. The summed E-state index contributed by atoms with van der Waals surface area (Å²) in [4.78, 5) is 3.39. The first kappa shape index (κ1) is 17.4. The number of H-pyrrole nitrogens is 1.